The maximum Gasteiger partial charge on any atom is 0.257 e. The summed E-state index contributed by atoms with van der Waals surface area (Å²) in [5.41, 5.74) is 0.685. The third kappa shape index (κ3) is 2.18. The monoisotopic (exact) mass is 233 g/mol. The van der Waals surface area contributed by atoms with E-state index in [0.29, 0.717) is 17.2 Å². The van der Waals surface area contributed by atoms with Gasteiger partial charge in [0.1, 0.15) is 5.82 Å². The first kappa shape index (κ1) is 11.3. The van der Waals surface area contributed by atoms with Crippen molar-refractivity contribution in [2.75, 3.05) is 5.32 Å². The van der Waals surface area contributed by atoms with Crippen LogP contribution in [0.3, 0.4) is 0 Å². The normalized spacial score (nSPS) is 10.3. The first-order chi connectivity index (χ1) is 8.09. The molecule has 1 N–H and O–H groups in total. The van der Waals surface area contributed by atoms with E-state index in [9.17, 15) is 9.18 Å². The Morgan fingerprint density at radius 3 is 2.76 bits per heavy atom. The van der Waals surface area contributed by atoms with Gasteiger partial charge in [0.2, 0.25) is 5.95 Å². The summed E-state index contributed by atoms with van der Waals surface area (Å²) >= 11 is 0. The van der Waals surface area contributed by atoms with E-state index in [0.717, 1.165) is 0 Å². The zero-order valence-corrected chi connectivity index (χ0v) is 9.57. The molecule has 0 aliphatic rings. The Bertz CT molecular complexity index is 607. The summed E-state index contributed by atoms with van der Waals surface area (Å²) in [4.78, 5) is 15.7. The van der Waals surface area contributed by atoms with Gasteiger partial charge in [-0.05, 0) is 19.1 Å². The van der Waals surface area contributed by atoms with Gasteiger partial charge in [-0.2, -0.15) is 0 Å². The molecule has 4 nitrogen and oxygen atoms in total. The minimum absolute atomic E-state index is 0.154. The molecular formula is C12H12FN3O. The molecule has 0 aliphatic heterocycles. The molecule has 0 aliphatic carbocycles. The minimum Gasteiger partial charge on any atom is -0.323 e. The van der Waals surface area contributed by atoms with Gasteiger partial charge in [0.05, 0.1) is 5.69 Å². The number of benzene rings is 1. The standard InChI is InChI=1S/C12H12FN3O/c1-8-7-14-12(16(2)11(8)17)15-10-6-4-3-5-9(10)13/h3-7H,1-2H3,(H,14,15). The number of anilines is 2. The van der Waals surface area contributed by atoms with Crippen LogP contribution in [-0.2, 0) is 7.05 Å². The average molecular weight is 233 g/mol. The number of hydrogen-bond donors (Lipinski definition) is 1. The van der Waals surface area contributed by atoms with Gasteiger partial charge in [-0.3, -0.25) is 9.36 Å². The highest BCUT2D eigenvalue weighted by Gasteiger charge is 2.06. The van der Waals surface area contributed by atoms with Crippen molar-refractivity contribution in [1.29, 1.82) is 0 Å². The molecule has 0 amide bonds. The Hall–Kier alpha value is -2.17. The van der Waals surface area contributed by atoms with Gasteiger partial charge in [0, 0.05) is 18.8 Å². The molecule has 0 bridgehead atoms. The van der Waals surface area contributed by atoms with Crippen LogP contribution in [0.2, 0.25) is 0 Å². The number of halogens is 1. The molecule has 0 spiro atoms. The summed E-state index contributed by atoms with van der Waals surface area (Å²) in [5.74, 6) is -0.0759. The Balaban J connectivity index is 2.41. The van der Waals surface area contributed by atoms with Crippen LogP contribution in [0.5, 0.6) is 0 Å². The highest BCUT2D eigenvalue weighted by atomic mass is 19.1. The fourth-order valence-electron chi connectivity index (χ4n) is 1.46. The van der Waals surface area contributed by atoms with Crippen molar-refractivity contribution in [3.63, 3.8) is 0 Å². The highest BCUT2D eigenvalue weighted by Crippen LogP contribution is 2.16. The zero-order valence-electron chi connectivity index (χ0n) is 9.57. The third-order valence-corrected chi connectivity index (χ3v) is 2.46. The van der Waals surface area contributed by atoms with Gasteiger partial charge in [-0.1, -0.05) is 12.1 Å². The van der Waals surface area contributed by atoms with Gasteiger partial charge >= 0.3 is 0 Å². The predicted octanol–water partition coefficient (Wildman–Crippen LogP) is 1.97. The van der Waals surface area contributed by atoms with Crippen LogP contribution in [0.15, 0.2) is 35.3 Å². The molecule has 0 unspecified atom stereocenters. The van der Waals surface area contributed by atoms with Crippen LogP contribution in [0.1, 0.15) is 5.56 Å². The molecule has 1 aromatic heterocycles. The number of rotatable bonds is 2. The smallest absolute Gasteiger partial charge is 0.257 e. The number of aryl methyl sites for hydroxylation is 1. The molecule has 0 fully saturated rings. The summed E-state index contributed by atoms with van der Waals surface area (Å²) in [6.45, 7) is 1.68. The second-order valence-corrected chi connectivity index (χ2v) is 3.73. The fourth-order valence-corrected chi connectivity index (χ4v) is 1.46. The average Bonchev–Trinajstić information content (AvgIpc) is 2.32. The van der Waals surface area contributed by atoms with Gasteiger partial charge in [-0.15, -0.1) is 0 Å². The van der Waals surface area contributed by atoms with Crippen LogP contribution >= 0.6 is 0 Å². The summed E-state index contributed by atoms with van der Waals surface area (Å²) in [5, 5.41) is 2.79. The van der Waals surface area contributed by atoms with E-state index < -0.39 is 0 Å². The van der Waals surface area contributed by atoms with E-state index in [4.69, 9.17) is 0 Å². The molecule has 1 heterocycles. The number of aromatic nitrogens is 2. The van der Waals surface area contributed by atoms with Crippen LogP contribution in [-0.4, -0.2) is 9.55 Å². The van der Waals surface area contributed by atoms with Crippen LogP contribution in [0.25, 0.3) is 0 Å². The second kappa shape index (κ2) is 4.37. The van der Waals surface area contributed by atoms with Crippen molar-refractivity contribution < 1.29 is 4.39 Å². The molecule has 5 heteroatoms. The lowest BCUT2D eigenvalue weighted by molar-refractivity contribution is 0.631. The van der Waals surface area contributed by atoms with Crippen molar-refractivity contribution in [3.8, 4) is 0 Å². The molecule has 1 aromatic carbocycles. The first-order valence-corrected chi connectivity index (χ1v) is 5.14. The van der Waals surface area contributed by atoms with E-state index in [2.05, 4.69) is 10.3 Å². The van der Waals surface area contributed by atoms with Gasteiger partial charge in [-0.25, -0.2) is 9.37 Å². The summed E-state index contributed by atoms with van der Waals surface area (Å²) in [6.07, 6.45) is 1.46. The van der Waals surface area contributed by atoms with Crippen molar-refractivity contribution in [3.05, 3.63) is 52.2 Å². The lowest BCUT2D eigenvalue weighted by Crippen LogP contribution is -2.22. The van der Waals surface area contributed by atoms with Crippen LogP contribution in [0, 0.1) is 12.7 Å². The lowest BCUT2D eigenvalue weighted by Gasteiger charge is -2.10. The second-order valence-electron chi connectivity index (χ2n) is 3.73. The molecule has 2 aromatic rings. The molecule has 0 atom stereocenters. The summed E-state index contributed by atoms with van der Waals surface area (Å²) in [7, 11) is 1.59. The first-order valence-electron chi connectivity index (χ1n) is 5.14. The fraction of sp³-hybridized carbons (Fsp3) is 0.167. The lowest BCUT2D eigenvalue weighted by atomic mass is 10.3. The Morgan fingerprint density at radius 1 is 1.35 bits per heavy atom. The van der Waals surface area contributed by atoms with Gasteiger partial charge in [0.25, 0.3) is 5.56 Å². The Morgan fingerprint density at radius 2 is 2.06 bits per heavy atom. The van der Waals surface area contributed by atoms with E-state index in [-0.39, 0.29) is 11.4 Å². The topological polar surface area (TPSA) is 46.9 Å². The molecule has 2 rings (SSSR count). The summed E-state index contributed by atoms with van der Waals surface area (Å²) in [6, 6.07) is 6.23. The highest BCUT2D eigenvalue weighted by molar-refractivity contribution is 5.54. The molecule has 0 saturated heterocycles. The van der Waals surface area contributed by atoms with E-state index in [1.54, 1.807) is 32.2 Å². The van der Waals surface area contributed by atoms with Crippen molar-refractivity contribution in [2.45, 2.75) is 6.92 Å². The minimum atomic E-state index is -0.387. The van der Waals surface area contributed by atoms with Crippen molar-refractivity contribution in [2.24, 2.45) is 7.05 Å². The van der Waals surface area contributed by atoms with E-state index in [1.807, 2.05) is 0 Å². The third-order valence-electron chi connectivity index (χ3n) is 2.46. The molecule has 17 heavy (non-hydrogen) atoms. The number of nitrogens with one attached hydrogen (secondary N) is 1. The number of hydrogen-bond acceptors (Lipinski definition) is 3. The van der Waals surface area contributed by atoms with Crippen LogP contribution < -0.4 is 10.9 Å². The zero-order chi connectivity index (χ0) is 12.4. The SMILES string of the molecule is Cc1cnc(Nc2ccccc2F)n(C)c1=O. The van der Waals surface area contributed by atoms with Crippen LogP contribution in [0.4, 0.5) is 16.0 Å². The van der Waals surface area contributed by atoms with E-state index in [1.165, 1.54) is 16.8 Å². The molecule has 88 valence electrons. The maximum absolute atomic E-state index is 13.4. The predicted molar refractivity (Wildman–Crippen MR) is 63.9 cm³/mol. The Labute approximate surface area is 97.7 Å². The maximum atomic E-state index is 13.4. The van der Waals surface area contributed by atoms with Gasteiger partial charge < -0.3 is 5.32 Å². The quantitative estimate of drug-likeness (QED) is 0.862. The molecular weight excluding hydrogens is 221 g/mol. The van der Waals surface area contributed by atoms with Crippen molar-refractivity contribution in [1.82, 2.24) is 9.55 Å². The molecule has 0 radical (unpaired) electrons. The molecule has 0 saturated carbocycles. The largest absolute Gasteiger partial charge is 0.323 e. The Kier molecular flexibility index (Phi) is 2.91. The number of para-hydroxylation sites is 1. The van der Waals surface area contributed by atoms with Gasteiger partial charge in [0.15, 0.2) is 0 Å². The van der Waals surface area contributed by atoms with Crippen molar-refractivity contribution >= 4 is 11.6 Å². The van der Waals surface area contributed by atoms with E-state index >= 15 is 0 Å². The summed E-state index contributed by atoms with van der Waals surface area (Å²) < 4.78 is 14.8. The number of nitrogens with zero attached hydrogens (tertiary/aromatic N) is 2.